The minimum absolute atomic E-state index is 0.713. The third-order valence-electron chi connectivity index (χ3n) is 2.84. The molecule has 2 aromatic rings. The third-order valence-corrected chi connectivity index (χ3v) is 3.37. The first-order valence-electron chi connectivity index (χ1n) is 6.29. The number of benzene rings is 2. The lowest BCUT2D eigenvalue weighted by molar-refractivity contribution is 0.261. The molecule has 0 aromatic heterocycles. The van der Waals surface area contributed by atoms with Gasteiger partial charge >= 0.3 is 0 Å². The summed E-state index contributed by atoms with van der Waals surface area (Å²) in [5, 5.41) is 0. The van der Waals surface area contributed by atoms with Crippen LogP contribution in [0.3, 0.4) is 0 Å². The first-order valence-corrected chi connectivity index (χ1v) is 7.08. The van der Waals surface area contributed by atoms with E-state index in [2.05, 4.69) is 57.2 Å². The Bertz CT molecular complexity index is 505. The van der Waals surface area contributed by atoms with Gasteiger partial charge in [-0.1, -0.05) is 40.2 Å². The van der Waals surface area contributed by atoms with E-state index in [4.69, 9.17) is 4.74 Å². The number of nitrogens with zero attached hydrogens (tertiary/aromatic N) is 1. The zero-order valence-electron chi connectivity index (χ0n) is 11.3. The fraction of sp³-hybridized carbons (Fsp3) is 0.250. The molecule has 0 amide bonds. The van der Waals surface area contributed by atoms with E-state index in [0.29, 0.717) is 6.61 Å². The number of rotatable bonds is 5. The SMILES string of the molecule is CN(C)CCOc1ccc(-c2ccc(Br)cc2)cc1. The van der Waals surface area contributed by atoms with Crippen molar-refractivity contribution in [3.8, 4) is 16.9 Å². The maximum absolute atomic E-state index is 5.68. The van der Waals surface area contributed by atoms with Crippen LogP contribution in [0, 0.1) is 0 Å². The molecule has 0 aliphatic carbocycles. The Balaban J connectivity index is 2.00. The largest absolute Gasteiger partial charge is 0.492 e. The molecule has 0 heterocycles. The number of ether oxygens (including phenoxy) is 1. The number of halogens is 1. The number of hydrogen-bond donors (Lipinski definition) is 0. The summed E-state index contributed by atoms with van der Waals surface area (Å²) in [4.78, 5) is 2.11. The van der Waals surface area contributed by atoms with Crippen molar-refractivity contribution >= 4 is 15.9 Å². The lowest BCUT2D eigenvalue weighted by Gasteiger charge is -2.11. The van der Waals surface area contributed by atoms with Crippen LogP contribution in [-0.4, -0.2) is 32.1 Å². The Labute approximate surface area is 123 Å². The van der Waals surface area contributed by atoms with Gasteiger partial charge in [-0.25, -0.2) is 0 Å². The summed E-state index contributed by atoms with van der Waals surface area (Å²) in [6.45, 7) is 1.64. The standard InChI is InChI=1S/C16H18BrNO/c1-18(2)11-12-19-16-9-5-14(6-10-16)13-3-7-15(17)8-4-13/h3-10H,11-12H2,1-2H3. The Hall–Kier alpha value is -1.32. The van der Waals surface area contributed by atoms with E-state index in [-0.39, 0.29) is 0 Å². The molecule has 0 N–H and O–H groups in total. The third kappa shape index (κ3) is 4.37. The van der Waals surface area contributed by atoms with Crippen LogP contribution in [0.1, 0.15) is 0 Å². The fourth-order valence-corrected chi connectivity index (χ4v) is 2.00. The maximum atomic E-state index is 5.68. The quantitative estimate of drug-likeness (QED) is 0.824. The van der Waals surface area contributed by atoms with E-state index < -0.39 is 0 Å². The summed E-state index contributed by atoms with van der Waals surface area (Å²) in [6, 6.07) is 16.5. The van der Waals surface area contributed by atoms with Crippen LogP contribution < -0.4 is 4.74 Å². The summed E-state index contributed by atoms with van der Waals surface area (Å²) in [5.74, 6) is 0.919. The van der Waals surface area contributed by atoms with Crippen LogP contribution in [0.15, 0.2) is 53.0 Å². The average molecular weight is 320 g/mol. The molecule has 0 saturated carbocycles. The molecule has 0 spiro atoms. The molecule has 0 aliphatic heterocycles. The van der Waals surface area contributed by atoms with Crippen molar-refractivity contribution in [1.29, 1.82) is 0 Å². The molecule has 0 fully saturated rings. The second-order valence-corrected chi connectivity index (χ2v) is 5.60. The summed E-state index contributed by atoms with van der Waals surface area (Å²) < 4.78 is 6.77. The van der Waals surface area contributed by atoms with Gasteiger partial charge in [-0.3, -0.25) is 0 Å². The van der Waals surface area contributed by atoms with Crippen molar-refractivity contribution < 1.29 is 4.74 Å². The highest BCUT2D eigenvalue weighted by atomic mass is 79.9. The first-order chi connectivity index (χ1) is 9.15. The predicted molar refractivity (Wildman–Crippen MR) is 83.6 cm³/mol. The van der Waals surface area contributed by atoms with E-state index in [1.807, 2.05) is 26.2 Å². The molecule has 19 heavy (non-hydrogen) atoms. The van der Waals surface area contributed by atoms with E-state index in [9.17, 15) is 0 Å². The molecule has 3 heteroatoms. The molecule has 0 bridgehead atoms. The molecule has 0 saturated heterocycles. The van der Waals surface area contributed by atoms with Crippen molar-refractivity contribution in [2.75, 3.05) is 27.2 Å². The van der Waals surface area contributed by atoms with Crippen molar-refractivity contribution in [2.24, 2.45) is 0 Å². The monoisotopic (exact) mass is 319 g/mol. The summed E-state index contributed by atoms with van der Waals surface area (Å²) in [7, 11) is 4.08. The van der Waals surface area contributed by atoms with E-state index in [1.54, 1.807) is 0 Å². The van der Waals surface area contributed by atoms with Crippen molar-refractivity contribution in [1.82, 2.24) is 4.90 Å². The zero-order chi connectivity index (χ0) is 13.7. The van der Waals surface area contributed by atoms with Crippen molar-refractivity contribution in [3.63, 3.8) is 0 Å². The van der Waals surface area contributed by atoms with Gasteiger partial charge in [0.05, 0.1) is 0 Å². The second kappa shape index (κ2) is 6.73. The van der Waals surface area contributed by atoms with Crippen LogP contribution in [0.4, 0.5) is 0 Å². The van der Waals surface area contributed by atoms with Gasteiger partial charge in [0.1, 0.15) is 12.4 Å². The highest BCUT2D eigenvalue weighted by Crippen LogP contribution is 2.23. The molecule has 0 unspecified atom stereocenters. The highest BCUT2D eigenvalue weighted by Gasteiger charge is 1.99. The first kappa shape index (κ1) is 14.1. The molecule has 2 rings (SSSR count). The van der Waals surface area contributed by atoms with Gasteiger partial charge < -0.3 is 9.64 Å². The summed E-state index contributed by atoms with van der Waals surface area (Å²) in [5.41, 5.74) is 2.41. The van der Waals surface area contributed by atoms with Gasteiger partial charge in [-0.2, -0.15) is 0 Å². The van der Waals surface area contributed by atoms with Gasteiger partial charge in [0.2, 0.25) is 0 Å². The normalized spacial score (nSPS) is 10.7. The lowest BCUT2D eigenvalue weighted by Crippen LogP contribution is -2.19. The van der Waals surface area contributed by atoms with Crippen LogP contribution in [-0.2, 0) is 0 Å². The van der Waals surface area contributed by atoms with Crippen LogP contribution in [0.5, 0.6) is 5.75 Å². The minimum Gasteiger partial charge on any atom is -0.492 e. The van der Waals surface area contributed by atoms with E-state index in [0.717, 1.165) is 16.8 Å². The van der Waals surface area contributed by atoms with Crippen LogP contribution in [0.25, 0.3) is 11.1 Å². The summed E-state index contributed by atoms with van der Waals surface area (Å²) in [6.07, 6.45) is 0. The molecule has 0 atom stereocenters. The molecule has 100 valence electrons. The van der Waals surface area contributed by atoms with Gasteiger partial charge in [0, 0.05) is 11.0 Å². The van der Waals surface area contributed by atoms with Crippen molar-refractivity contribution in [2.45, 2.75) is 0 Å². The molecule has 2 aromatic carbocycles. The molecule has 0 aliphatic rings. The van der Waals surface area contributed by atoms with Crippen LogP contribution >= 0.6 is 15.9 Å². The van der Waals surface area contributed by atoms with Gasteiger partial charge in [-0.15, -0.1) is 0 Å². The zero-order valence-corrected chi connectivity index (χ0v) is 12.9. The highest BCUT2D eigenvalue weighted by molar-refractivity contribution is 9.10. The van der Waals surface area contributed by atoms with Crippen LogP contribution in [0.2, 0.25) is 0 Å². The van der Waals surface area contributed by atoms with E-state index >= 15 is 0 Å². The van der Waals surface area contributed by atoms with E-state index in [1.165, 1.54) is 11.1 Å². The Kier molecular flexibility index (Phi) is 5.00. The fourth-order valence-electron chi connectivity index (χ4n) is 1.73. The topological polar surface area (TPSA) is 12.5 Å². The maximum Gasteiger partial charge on any atom is 0.119 e. The molecular formula is C16H18BrNO. The second-order valence-electron chi connectivity index (χ2n) is 4.68. The van der Waals surface area contributed by atoms with Gasteiger partial charge in [0.15, 0.2) is 0 Å². The molecule has 2 nitrogen and oxygen atoms in total. The number of hydrogen-bond acceptors (Lipinski definition) is 2. The van der Waals surface area contributed by atoms with Crippen molar-refractivity contribution in [3.05, 3.63) is 53.0 Å². The lowest BCUT2D eigenvalue weighted by atomic mass is 10.1. The van der Waals surface area contributed by atoms with Gasteiger partial charge in [0.25, 0.3) is 0 Å². The Morgan fingerprint density at radius 3 is 1.95 bits per heavy atom. The Morgan fingerprint density at radius 1 is 0.895 bits per heavy atom. The minimum atomic E-state index is 0.713. The average Bonchev–Trinajstić information content (AvgIpc) is 2.40. The predicted octanol–water partition coefficient (Wildman–Crippen LogP) is 4.06. The van der Waals surface area contributed by atoms with Gasteiger partial charge in [-0.05, 0) is 49.5 Å². The Morgan fingerprint density at radius 2 is 1.42 bits per heavy atom. The smallest absolute Gasteiger partial charge is 0.119 e. The number of likely N-dealkylation sites (N-methyl/N-ethyl adjacent to an activating group) is 1. The summed E-state index contributed by atoms with van der Waals surface area (Å²) >= 11 is 3.45. The molecular weight excluding hydrogens is 302 g/mol. The molecule has 0 radical (unpaired) electrons.